The van der Waals surface area contributed by atoms with E-state index in [1.807, 2.05) is 37.3 Å². The molecule has 3 nitrogen and oxygen atoms in total. The molecular formula is C17H20O3S. The molecule has 0 fully saturated rings. The molecule has 2 aromatic rings. The van der Waals surface area contributed by atoms with Gasteiger partial charge in [-0.25, -0.2) is 8.42 Å². The van der Waals surface area contributed by atoms with Gasteiger partial charge in [-0.3, -0.25) is 0 Å². The van der Waals surface area contributed by atoms with E-state index in [1.165, 1.54) is 6.92 Å². The Bertz CT molecular complexity index is 687. The van der Waals surface area contributed by atoms with Gasteiger partial charge >= 0.3 is 0 Å². The molecule has 0 unspecified atom stereocenters. The van der Waals surface area contributed by atoms with Crippen LogP contribution >= 0.6 is 0 Å². The molecule has 0 aliphatic rings. The summed E-state index contributed by atoms with van der Waals surface area (Å²) in [6, 6.07) is 16.3. The van der Waals surface area contributed by atoms with Crippen LogP contribution in [0.15, 0.2) is 54.6 Å². The molecule has 1 N–H and O–H groups in total. The summed E-state index contributed by atoms with van der Waals surface area (Å²) < 4.78 is 24.6. The van der Waals surface area contributed by atoms with Crippen molar-refractivity contribution in [3.63, 3.8) is 0 Å². The fourth-order valence-electron chi connectivity index (χ4n) is 2.30. The number of sulfone groups is 1. The number of aryl methyl sites for hydroxylation is 1. The van der Waals surface area contributed by atoms with E-state index in [1.54, 1.807) is 24.3 Å². The molecular weight excluding hydrogens is 284 g/mol. The number of aliphatic hydroxyl groups is 1. The quantitative estimate of drug-likeness (QED) is 0.924. The first-order valence-electron chi connectivity index (χ1n) is 6.82. The SMILES string of the molecule is Cc1ccc(CS(=O)(=O)C[C@](C)(O)c2ccccc2)cc1. The van der Waals surface area contributed by atoms with Crippen molar-refractivity contribution >= 4 is 9.84 Å². The molecule has 0 heterocycles. The third-order valence-electron chi connectivity index (χ3n) is 3.40. The lowest BCUT2D eigenvalue weighted by molar-refractivity contribution is 0.0819. The van der Waals surface area contributed by atoms with E-state index < -0.39 is 15.4 Å². The van der Waals surface area contributed by atoms with Crippen molar-refractivity contribution in [2.24, 2.45) is 0 Å². The van der Waals surface area contributed by atoms with E-state index in [0.29, 0.717) is 5.56 Å². The van der Waals surface area contributed by atoms with Crippen LogP contribution in [0.1, 0.15) is 23.6 Å². The van der Waals surface area contributed by atoms with Crippen molar-refractivity contribution < 1.29 is 13.5 Å². The monoisotopic (exact) mass is 304 g/mol. The molecule has 21 heavy (non-hydrogen) atoms. The third kappa shape index (κ3) is 4.41. The molecule has 0 spiro atoms. The maximum absolute atomic E-state index is 12.3. The first-order chi connectivity index (χ1) is 9.78. The normalized spacial score (nSPS) is 14.6. The average molecular weight is 304 g/mol. The van der Waals surface area contributed by atoms with Crippen LogP contribution in [0.25, 0.3) is 0 Å². The standard InChI is InChI=1S/C17H20O3S/c1-14-8-10-15(11-9-14)12-21(19,20)13-17(2,18)16-6-4-3-5-7-16/h3-11,18H,12-13H2,1-2H3/t17-/m0/s1. The molecule has 0 aliphatic heterocycles. The predicted octanol–water partition coefficient (Wildman–Crippen LogP) is 2.82. The van der Waals surface area contributed by atoms with Crippen molar-refractivity contribution in [3.05, 3.63) is 71.3 Å². The Labute approximate surface area is 126 Å². The van der Waals surface area contributed by atoms with Gasteiger partial charge in [-0.15, -0.1) is 0 Å². The Morgan fingerprint density at radius 1 is 1.00 bits per heavy atom. The minimum absolute atomic E-state index is 0.0593. The minimum atomic E-state index is -3.40. The second kappa shape index (κ2) is 6.00. The van der Waals surface area contributed by atoms with E-state index >= 15 is 0 Å². The Morgan fingerprint density at radius 3 is 2.14 bits per heavy atom. The van der Waals surface area contributed by atoms with Gasteiger partial charge in [0.1, 0.15) is 5.60 Å². The Hall–Kier alpha value is -1.65. The Morgan fingerprint density at radius 2 is 1.57 bits per heavy atom. The molecule has 2 aromatic carbocycles. The highest BCUT2D eigenvalue weighted by molar-refractivity contribution is 7.90. The molecule has 0 saturated heterocycles. The van der Waals surface area contributed by atoms with Crippen LogP contribution in [0.5, 0.6) is 0 Å². The van der Waals surface area contributed by atoms with E-state index in [9.17, 15) is 13.5 Å². The smallest absolute Gasteiger partial charge is 0.157 e. The maximum atomic E-state index is 12.3. The fourth-order valence-corrected chi connectivity index (χ4v) is 4.12. The predicted molar refractivity (Wildman–Crippen MR) is 84.7 cm³/mol. The van der Waals surface area contributed by atoms with Crippen molar-refractivity contribution in [3.8, 4) is 0 Å². The topological polar surface area (TPSA) is 54.4 Å². The van der Waals surface area contributed by atoms with Gasteiger partial charge in [-0.2, -0.15) is 0 Å². The van der Waals surface area contributed by atoms with Crippen LogP contribution in [-0.4, -0.2) is 19.3 Å². The average Bonchev–Trinajstić information content (AvgIpc) is 2.41. The number of hydrogen-bond donors (Lipinski definition) is 1. The lowest BCUT2D eigenvalue weighted by Crippen LogP contribution is -2.31. The minimum Gasteiger partial charge on any atom is -0.384 e. The van der Waals surface area contributed by atoms with Crippen LogP contribution in [0.2, 0.25) is 0 Å². The van der Waals surface area contributed by atoms with Crippen LogP contribution in [0, 0.1) is 6.92 Å². The summed E-state index contributed by atoms with van der Waals surface area (Å²) in [5.74, 6) is -0.353. The van der Waals surface area contributed by atoms with Crippen LogP contribution < -0.4 is 0 Å². The van der Waals surface area contributed by atoms with Crippen molar-refractivity contribution in [1.29, 1.82) is 0 Å². The van der Waals surface area contributed by atoms with Crippen LogP contribution in [0.3, 0.4) is 0 Å². The first-order valence-corrected chi connectivity index (χ1v) is 8.64. The molecule has 0 aromatic heterocycles. The second-order valence-corrected chi connectivity index (χ2v) is 7.72. The summed E-state index contributed by atoms with van der Waals surface area (Å²) >= 11 is 0. The highest BCUT2D eigenvalue weighted by atomic mass is 32.2. The Kier molecular flexibility index (Phi) is 4.49. The molecule has 0 aliphatic carbocycles. The highest BCUT2D eigenvalue weighted by Crippen LogP contribution is 2.23. The largest absolute Gasteiger partial charge is 0.384 e. The summed E-state index contributed by atoms with van der Waals surface area (Å²) in [5.41, 5.74) is 1.06. The maximum Gasteiger partial charge on any atom is 0.157 e. The summed E-state index contributed by atoms with van der Waals surface area (Å²) in [7, 11) is -3.40. The first kappa shape index (κ1) is 15.7. The second-order valence-electron chi connectivity index (χ2n) is 5.66. The highest BCUT2D eigenvalue weighted by Gasteiger charge is 2.30. The molecule has 0 radical (unpaired) electrons. The van der Waals surface area contributed by atoms with Crippen LogP contribution in [-0.2, 0) is 21.2 Å². The zero-order chi connectivity index (χ0) is 15.5. The van der Waals surface area contributed by atoms with Crippen LogP contribution in [0.4, 0.5) is 0 Å². The molecule has 112 valence electrons. The molecule has 4 heteroatoms. The van der Waals surface area contributed by atoms with Gasteiger partial charge in [0, 0.05) is 0 Å². The summed E-state index contributed by atoms with van der Waals surface area (Å²) in [4.78, 5) is 0. The summed E-state index contributed by atoms with van der Waals surface area (Å²) in [6.07, 6.45) is 0. The molecule has 0 bridgehead atoms. The van der Waals surface area contributed by atoms with Crippen molar-refractivity contribution in [2.45, 2.75) is 25.2 Å². The van der Waals surface area contributed by atoms with Gasteiger partial charge in [0.25, 0.3) is 0 Å². The van der Waals surface area contributed by atoms with Crippen molar-refractivity contribution in [2.75, 3.05) is 5.75 Å². The number of benzene rings is 2. The van der Waals surface area contributed by atoms with E-state index in [2.05, 4.69) is 0 Å². The van der Waals surface area contributed by atoms with Crippen molar-refractivity contribution in [1.82, 2.24) is 0 Å². The van der Waals surface area contributed by atoms with E-state index in [0.717, 1.165) is 11.1 Å². The zero-order valence-corrected chi connectivity index (χ0v) is 13.1. The van der Waals surface area contributed by atoms with Gasteiger partial charge in [0.2, 0.25) is 0 Å². The third-order valence-corrected chi connectivity index (χ3v) is 5.18. The zero-order valence-electron chi connectivity index (χ0n) is 12.3. The van der Waals surface area contributed by atoms with E-state index in [-0.39, 0.29) is 11.5 Å². The summed E-state index contributed by atoms with van der Waals surface area (Å²) in [5, 5.41) is 10.5. The number of rotatable bonds is 5. The van der Waals surface area contributed by atoms with Gasteiger partial charge < -0.3 is 5.11 Å². The molecule has 2 rings (SSSR count). The van der Waals surface area contributed by atoms with Gasteiger partial charge in [-0.1, -0.05) is 60.2 Å². The van der Waals surface area contributed by atoms with Gasteiger partial charge in [0.05, 0.1) is 11.5 Å². The molecule has 1 atom stereocenters. The fraction of sp³-hybridized carbons (Fsp3) is 0.294. The Balaban J connectivity index is 2.15. The van der Waals surface area contributed by atoms with E-state index in [4.69, 9.17) is 0 Å². The molecule has 0 saturated carbocycles. The van der Waals surface area contributed by atoms with Gasteiger partial charge in [0.15, 0.2) is 9.84 Å². The summed E-state index contributed by atoms with van der Waals surface area (Å²) in [6.45, 7) is 3.49. The number of hydrogen-bond acceptors (Lipinski definition) is 3. The lowest BCUT2D eigenvalue weighted by Gasteiger charge is -2.23. The molecule has 0 amide bonds. The van der Waals surface area contributed by atoms with Gasteiger partial charge in [-0.05, 0) is 25.0 Å². The lowest BCUT2D eigenvalue weighted by atomic mass is 9.99.